The third-order valence-electron chi connectivity index (χ3n) is 2.81. The summed E-state index contributed by atoms with van der Waals surface area (Å²) in [7, 11) is 0. The number of hydrogen-bond acceptors (Lipinski definition) is 1. The Hall–Kier alpha value is -0.370. The molecule has 1 rings (SSSR count). The summed E-state index contributed by atoms with van der Waals surface area (Å²) in [5.41, 5.74) is 7.67. The summed E-state index contributed by atoms with van der Waals surface area (Å²) in [5, 5.41) is 0. The molecule has 1 N–H and O–H groups in total. The van der Waals surface area contributed by atoms with Gasteiger partial charge in [-0.2, -0.15) is 0 Å². The molecule has 1 unspecified atom stereocenters. The summed E-state index contributed by atoms with van der Waals surface area (Å²) < 4.78 is 0. The van der Waals surface area contributed by atoms with Crippen molar-refractivity contribution in [2.45, 2.75) is 51.5 Å². The lowest BCUT2D eigenvalue weighted by Crippen LogP contribution is -2.28. The molecule has 0 spiro atoms. The fourth-order valence-corrected chi connectivity index (χ4v) is 1.98. The van der Waals surface area contributed by atoms with Gasteiger partial charge < -0.3 is 0 Å². The first-order chi connectivity index (χ1) is 5.72. The maximum absolute atomic E-state index is 11.0. The van der Waals surface area contributed by atoms with Crippen molar-refractivity contribution in [2.24, 2.45) is 5.92 Å². The van der Waals surface area contributed by atoms with Crippen LogP contribution in [-0.2, 0) is 4.79 Å². The van der Waals surface area contributed by atoms with Gasteiger partial charge in [0.25, 0.3) is 0 Å². The molecule has 1 aliphatic rings. The standard InChI is InChI=1S/C10H18NO/c1-8(12)10(11)9-6-4-2-3-5-7-9/h9-11H,2-7H2,1H3. The number of Topliss-reactive ketones (excluding diaryl/α,β-unsaturated/α-hetero) is 1. The van der Waals surface area contributed by atoms with Gasteiger partial charge in [0.05, 0.1) is 6.04 Å². The molecule has 69 valence electrons. The summed E-state index contributed by atoms with van der Waals surface area (Å²) in [6.07, 6.45) is 7.20. The van der Waals surface area contributed by atoms with Gasteiger partial charge in [-0.25, -0.2) is 5.73 Å². The van der Waals surface area contributed by atoms with Crippen LogP contribution in [0.2, 0.25) is 0 Å². The zero-order valence-corrected chi connectivity index (χ0v) is 7.81. The van der Waals surface area contributed by atoms with Crippen LogP contribution >= 0.6 is 0 Å². The predicted octanol–water partition coefficient (Wildman–Crippen LogP) is 2.20. The van der Waals surface area contributed by atoms with Crippen molar-refractivity contribution >= 4 is 5.78 Å². The summed E-state index contributed by atoms with van der Waals surface area (Å²) in [6, 6.07) is -0.442. The lowest BCUT2D eigenvalue weighted by molar-refractivity contribution is -0.119. The smallest absolute Gasteiger partial charge is 0.148 e. The monoisotopic (exact) mass is 168 g/mol. The fraction of sp³-hybridized carbons (Fsp3) is 0.900. The van der Waals surface area contributed by atoms with Crippen LogP contribution in [0, 0.1) is 5.92 Å². The second-order valence-corrected chi connectivity index (χ2v) is 3.84. The lowest BCUT2D eigenvalue weighted by Gasteiger charge is -2.18. The highest BCUT2D eigenvalue weighted by Gasteiger charge is 2.22. The van der Waals surface area contributed by atoms with Gasteiger partial charge >= 0.3 is 0 Å². The van der Waals surface area contributed by atoms with Crippen molar-refractivity contribution in [1.82, 2.24) is 5.73 Å². The van der Waals surface area contributed by atoms with Gasteiger partial charge in [-0.3, -0.25) is 4.79 Å². The third kappa shape index (κ3) is 2.59. The van der Waals surface area contributed by atoms with Crippen molar-refractivity contribution in [3.05, 3.63) is 0 Å². The van der Waals surface area contributed by atoms with Gasteiger partial charge in [0.1, 0.15) is 5.78 Å². The maximum atomic E-state index is 11.0. The van der Waals surface area contributed by atoms with Crippen LogP contribution in [0.15, 0.2) is 0 Å². The first-order valence-corrected chi connectivity index (χ1v) is 4.93. The molecule has 0 aliphatic heterocycles. The summed E-state index contributed by atoms with van der Waals surface area (Å²) in [4.78, 5) is 11.0. The van der Waals surface area contributed by atoms with Crippen molar-refractivity contribution in [3.63, 3.8) is 0 Å². The van der Waals surface area contributed by atoms with E-state index in [4.69, 9.17) is 5.73 Å². The highest BCUT2D eigenvalue weighted by atomic mass is 16.1. The van der Waals surface area contributed by atoms with Gasteiger partial charge in [0.15, 0.2) is 0 Å². The number of nitrogens with one attached hydrogen (secondary N) is 1. The van der Waals surface area contributed by atoms with Crippen LogP contribution in [0.5, 0.6) is 0 Å². The highest BCUT2D eigenvalue weighted by molar-refractivity contribution is 5.81. The van der Waals surface area contributed by atoms with E-state index >= 15 is 0 Å². The van der Waals surface area contributed by atoms with E-state index < -0.39 is 6.04 Å². The Labute approximate surface area is 74.5 Å². The zero-order chi connectivity index (χ0) is 8.97. The number of hydrogen-bond donors (Lipinski definition) is 0. The Balaban J connectivity index is 2.42. The molecule has 12 heavy (non-hydrogen) atoms. The van der Waals surface area contributed by atoms with Gasteiger partial charge in [0, 0.05) is 0 Å². The number of ketones is 1. The first-order valence-electron chi connectivity index (χ1n) is 4.93. The minimum Gasteiger partial charge on any atom is -0.298 e. The Morgan fingerprint density at radius 2 is 1.75 bits per heavy atom. The van der Waals surface area contributed by atoms with Crippen molar-refractivity contribution in [2.75, 3.05) is 0 Å². The van der Waals surface area contributed by atoms with Crippen LogP contribution in [0.3, 0.4) is 0 Å². The van der Waals surface area contributed by atoms with E-state index in [0.29, 0.717) is 5.92 Å². The molecule has 1 atom stereocenters. The average Bonchev–Trinajstić information content (AvgIpc) is 2.30. The maximum Gasteiger partial charge on any atom is 0.148 e. The predicted molar refractivity (Wildman–Crippen MR) is 48.8 cm³/mol. The molecular weight excluding hydrogens is 150 g/mol. The van der Waals surface area contributed by atoms with E-state index in [0.717, 1.165) is 12.8 Å². The van der Waals surface area contributed by atoms with E-state index in [1.165, 1.54) is 25.7 Å². The summed E-state index contributed by atoms with van der Waals surface area (Å²) in [6.45, 7) is 1.54. The first kappa shape index (κ1) is 9.72. The van der Waals surface area contributed by atoms with Gasteiger partial charge in [-0.15, -0.1) is 0 Å². The van der Waals surface area contributed by atoms with Crippen LogP contribution in [0.25, 0.3) is 0 Å². The quantitative estimate of drug-likeness (QED) is 0.583. The van der Waals surface area contributed by atoms with E-state index in [1.54, 1.807) is 6.92 Å². The molecule has 0 heterocycles. The molecule has 1 saturated carbocycles. The zero-order valence-electron chi connectivity index (χ0n) is 7.81. The van der Waals surface area contributed by atoms with Crippen LogP contribution in [-0.4, -0.2) is 11.8 Å². The Morgan fingerprint density at radius 1 is 1.25 bits per heavy atom. The van der Waals surface area contributed by atoms with Gasteiger partial charge in [-0.1, -0.05) is 25.7 Å². The highest BCUT2D eigenvalue weighted by Crippen LogP contribution is 2.25. The minimum atomic E-state index is -0.442. The molecule has 0 aromatic heterocycles. The molecule has 0 bridgehead atoms. The van der Waals surface area contributed by atoms with E-state index in [2.05, 4.69) is 0 Å². The van der Waals surface area contributed by atoms with Crippen LogP contribution < -0.4 is 5.73 Å². The molecule has 0 amide bonds. The molecule has 1 aliphatic carbocycles. The Kier molecular flexibility index (Phi) is 3.73. The molecule has 1 radical (unpaired) electrons. The van der Waals surface area contributed by atoms with Crippen molar-refractivity contribution in [1.29, 1.82) is 0 Å². The normalized spacial score (nSPS) is 23.2. The van der Waals surface area contributed by atoms with E-state index in [9.17, 15) is 4.79 Å². The van der Waals surface area contributed by atoms with E-state index in [1.807, 2.05) is 0 Å². The average molecular weight is 168 g/mol. The van der Waals surface area contributed by atoms with E-state index in [-0.39, 0.29) is 5.78 Å². The molecule has 0 saturated heterocycles. The Morgan fingerprint density at radius 3 is 2.17 bits per heavy atom. The molecule has 1 fully saturated rings. The summed E-state index contributed by atoms with van der Waals surface area (Å²) in [5.74, 6) is 0.395. The van der Waals surface area contributed by atoms with Crippen molar-refractivity contribution in [3.8, 4) is 0 Å². The molecule has 0 aromatic rings. The third-order valence-corrected chi connectivity index (χ3v) is 2.81. The molecule has 0 aromatic carbocycles. The van der Waals surface area contributed by atoms with Gasteiger partial charge in [-0.05, 0) is 25.7 Å². The Bertz CT molecular complexity index is 148. The second-order valence-electron chi connectivity index (χ2n) is 3.84. The SMILES string of the molecule is CC(=O)C([NH])C1CCCCCC1. The number of rotatable bonds is 2. The van der Waals surface area contributed by atoms with Gasteiger partial charge in [0.2, 0.25) is 0 Å². The molecular formula is C10H18NO. The molecule has 2 heteroatoms. The second kappa shape index (κ2) is 4.61. The fourth-order valence-electron chi connectivity index (χ4n) is 1.98. The number of carbonyl (C=O) groups is 1. The lowest BCUT2D eigenvalue weighted by atomic mass is 9.90. The van der Waals surface area contributed by atoms with Crippen molar-refractivity contribution < 1.29 is 4.79 Å². The molecule has 2 nitrogen and oxygen atoms in total. The number of carbonyl (C=O) groups excluding carboxylic acids is 1. The summed E-state index contributed by atoms with van der Waals surface area (Å²) >= 11 is 0. The minimum absolute atomic E-state index is 0.0434. The largest absolute Gasteiger partial charge is 0.298 e. The van der Waals surface area contributed by atoms with Crippen LogP contribution in [0.4, 0.5) is 0 Å². The topological polar surface area (TPSA) is 40.9 Å². The van der Waals surface area contributed by atoms with Crippen LogP contribution in [0.1, 0.15) is 45.4 Å².